The maximum Gasteiger partial charge on any atom is 0.335 e. The molecule has 0 atom stereocenters. The molecule has 1 amide bonds. The number of hydrogen-bond donors (Lipinski definition) is 3. The monoisotopic (exact) mass is 377 g/mol. The van der Waals surface area contributed by atoms with Gasteiger partial charge in [-0.3, -0.25) is 9.69 Å². The fourth-order valence-corrected chi connectivity index (χ4v) is 3.71. The summed E-state index contributed by atoms with van der Waals surface area (Å²) in [6.07, 6.45) is 5.57. The highest BCUT2D eigenvalue weighted by atomic mass is 16.4. The number of nitrogens with one attached hydrogen (secondary N) is 2. The van der Waals surface area contributed by atoms with Crippen molar-refractivity contribution in [1.29, 1.82) is 0 Å². The molecule has 2 aliphatic heterocycles. The Kier molecular flexibility index (Phi) is 5.12. The van der Waals surface area contributed by atoms with E-state index in [-0.39, 0.29) is 11.5 Å². The number of likely N-dealkylation sites (tertiary alicyclic amines) is 1. The third kappa shape index (κ3) is 3.92. The van der Waals surface area contributed by atoms with Gasteiger partial charge in [0.15, 0.2) is 0 Å². The van der Waals surface area contributed by atoms with E-state index in [0.717, 1.165) is 12.2 Å². The first-order chi connectivity index (χ1) is 13.6. The van der Waals surface area contributed by atoms with E-state index in [1.54, 1.807) is 12.3 Å². The van der Waals surface area contributed by atoms with E-state index in [0.29, 0.717) is 16.8 Å². The molecule has 0 spiro atoms. The maximum absolute atomic E-state index is 12.2. The fourth-order valence-electron chi connectivity index (χ4n) is 3.71. The predicted octanol–water partition coefficient (Wildman–Crippen LogP) is 3.78. The van der Waals surface area contributed by atoms with Crippen LogP contribution in [-0.2, 0) is 11.3 Å². The number of carboxylic acid groups (broad SMARTS) is 1. The van der Waals surface area contributed by atoms with Crippen LogP contribution in [0.2, 0.25) is 0 Å². The number of benzene rings is 2. The Bertz CT molecular complexity index is 929. The molecule has 144 valence electrons. The van der Waals surface area contributed by atoms with Gasteiger partial charge in [-0.05, 0) is 55.8 Å². The van der Waals surface area contributed by atoms with E-state index in [4.69, 9.17) is 5.11 Å². The van der Waals surface area contributed by atoms with Crippen molar-refractivity contribution in [2.45, 2.75) is 25.8 Å². The lowest BCUT2D eigenvalue weighted by atomic mass is 10.1. The van der Waals surface area contributed by atoms with E-state index in [9.17, 15) is 9.59 Å². The second-order valence-electron chi connectivity index (χ2n) is 7.26. The third-order valence-corrected chi connectivity index (χ3v) is 5.24. The van der Waals surface area contributed by atoms with Crippen LogP contribution in [0.5, 0.6) is 0 Å². The molecule has 0 unspecified atom stereocenters. The van der Waals surface area contributed by atoms with E-state index in [1.165, 1.54) is 50.0 Å². The van der Waals surface area contributed by atoms with Gasteiger partial charge in [-0.25, -0.2) is 4.79 Å². The molecule has 2 heterocycles. The molecule has 6 heteroatoms. The standard InChI is InChI=1S/C22H23N3O3/c26-21-19(18-9-6-16(22(27)28)12-20(18)24-21)13-23-17-7-4-15(5-8-17)14-25-10-2-1-3-11-25/h4-9,12-13,23H,1-3,10-11,14H2,(H,24,26)(H,27,28). The fraction of sp³-hybridized carbons (Fsp3) is 0.273. The van der Waals surface area contributed by atoms with Crippen molar-refractivity contribution in [3.05, 3.63) is 65.4 Å². The highest BCUT2D eigenvalue weighted by molar-refractivity contribution is 6.31. The van der Waals surface area contributed by atoms with Crippen LogP contribution < -0.4 is 10.6 Å². The second-order valence-corrected chi connectivity index (χ2v) is 7.26. The summed E-state index contributed by atoms with van der Waals surface area (Å²) in [7, 11) is 0. The average molecular weight is 377 g/mol. The number of hydrogen-bond acceptors (Lipinski definition) is 4. The molecular weight excluding hydrogens is 354 g/mol. The summed E-state index contributed by atoms with van der Waals surface area (Å²) >= 11 is 0. The van der Waals surface area contributed by atoms with Crippen molar-refractivity contribution < 1.29 is 14.7 Å². The molecule has 2 aliphatic rings. The molecule has 3 N–H and O–H groups in total. The van der Waals surface area contributed by atoms with Crippen LogP contribution in [-0.4, -0.2) is 35.0 Å². The summed E-state index contributed by atoms with van der Waals surface area (Å²) in [5.74, 6) is -1.26. The predicted molar refractivity (Wildman–Crippen MR) is 109 cm³/mol. The van der Waals surface area contributed by atoms with E-state index in [2.05, 4.69) is 27.7 Å². The molecule has 0 aromatic heterocycles. The number of aromatic carboxylic acids is 1. The number of carboxylic acids is 1. The SMILES string of the molecule is O=C1Nc2cc(C(=O)O)ccc2C1=CNc1ccc(CN2CCCCC2)cc1. The number of nitrogens with zero attached hydrogens (tertiary/aromatic N) is 1. The summed E-state index contributed by atoms with van der Waals surface area (Å²) in [5.41, 5.74) is 4.05. The van der Waals surface area contributed by atoms with Crippen molar-refractivity contribution in [2.75, 3.05) is 23.7 Å². The van der Waals surface area contributed by atoms with Crippen LogP contribution in [0.15, 0.2) is 48.7 Å². The number of anilines is 2. The first-order valence-electron chi connectivity index (χ1n) is 9.57. The van der Waals surface area contributed by atoms with Crippen LogP contribution in [0.3, 0.4) is 0 Å². The number of amides is 1. The van der Waals surface area contributed by atoms with Gasteiger partial charge >= 0.3 is 5.97 Å². The van der Waals surface area contributed by atoms with Crippen molar-refractivity contribution in [3.63, 3.8) is 0 Å². The number of carbonyl (C=O) groups is 2. The average Bonchev–Trinajstić information content (AvgIpc) is 3.02. The number of carbonyl (C=O) groups excluding carboxylic acids is 1. The summed E-state index contributed by atoms with van der Waals surface area (Å²) in [6.45, 7) is 3.32. The summed E-state index contributed by atoms with van der Waals surface area (Å²) in [4.78, 5) is 25.8. The molecule has 1 saturated heterocycles. The van der Waals surface area contributed by atoms with E-state index in [1.807, 2.05) is 12.1 Å². The minimum absolute atomic E-state index is 0.151. The molecule has 0 aliphatic carbocycles. The molecule has 4 rings (SSSR count). The van der Waals surface area contributed by atoms with Crippen molar-refractivity contribution in [1.82, 2.24) is 4.90 Å². The molecule has 0 radical (unpaired) electrons. The van der Waals surface area contributed by atoms with Gasteiger partial charge in [0, 0.05) is 29.7 Å². The van der Waals surface area contributed by atoms with E-state index >= 15 is 0 Å². The Morgan fingerprint density at radius 1 is 1.11 bits per heavy atom. The largest absolute Gasteiger partial charge is 0.478 e. The van der Waals surface area contributed by atoms with Crippen LogP contribution >= 0.6 is 0 Å². The number of piperidine rings is 1. The second kappa shape index (κ2) is 7.86. The minimum Gasteiger partial charge on any atom is -0.478 e. The Labute approximate surface area is 163 Å². The van der Waals surface area contributed by atoms with Gasteiger partial charge in [0.2, 0.25) is 0 Å². The molecule has 2 aromatic carbocycles. The summed E-state index contributed by atoms with van der Waals surface area (Å²) in [5, 5.41) is 15.0. The van der Waals surface area contributed by atoms with Crippen molar-refractivity contribution in [2.24, 2.45) is 0 Å². The van der Waals surface area contributed by atoms with Crippen molar-refractivity contribution in [3.8, 4) is 0 Å². The quantitative estimate of drug-likeness (QED) is 0.691. The third-order valence-electron chi connectivity index (χ3n) is 5.24. The molecule has 2 aromatic rings. The Morgan fingerprint density at radius 2 is 1.86 bits per heavy atom. The van der Waals surface area contributed by atoms with Gasteiger partial charge in [0.1, 0.15) is 0 Å². The highest BCUT2D eigenvalue weighted by Crippen LogP contribution is 2.32. The van der Waals surface area contributed by atoms with Gasteiger partial charge in [-0.1, -0.05) is 24.6 Å². The van der Waals surface area contributed by atoms with Crippen LogP contribution in [0.1, 0.15) is 40.7 Å². The zero-order valence-electron chi connectivity index (χ0n) is 15.6. The van der Waals surface area contributed by atoms with Crippen molar-refractivity contribution >= 4 is 28.8 Å². The van der Waals surface area contributed by atoms with Gasteiger partial charge < -0.3 is 15.7 Å². The topological polar surface area (TPSA) is 81.7 Å². The highest BCUT2D eigenvalue weighted by Gasteiger charge is 2.25. The number of rotatable bonds is 5. The van der Waals surface area contributed by atoms with Crippen LogP contribution in [0.4, 0.5) is 11.4 Å². The van der Waals surface area contributed by atoms with Gasteiger partial charge in [0.05, 0.1) is 11.1 Å². The van der Waals surface area contributed by atoms with Crippen LogP contribution in [0.25, 0.3) is 5.57 Å². The van der Waals surface area contributed by atoms with Crippen LogP contribution in [0, 0.1) is 0 Å². The lowest BCUT2D eigenvalue weighted by molar-refractivity contribution is -0.110. The first-order valence-corrected chi connectivity index (χ1v) is 9.57. The normalized spacial score (nSPS) is 18.0. The Balaban J connectivity index is 1.44. The Morgan fingerprint density at radius 3 is 2.57 bits per heavy atom. The Hall–Kier alpha value is -3.12. The smallest absolute Gasteiger partial charge is 0.335 e. The molecule has 6 nitrogen and oxygen atoms in total. The molecule has 28 heavy (non-hydrogen) atoms. The maximum atomic E-state index is 12.2. The zero-order chi connectivity index (χ0) is 19.5. The van der Waals surface area contributed by atoms with Gasteiger partial charge in [-0.2, -0.15) is 0 Å². The van der Waals surface area contributed by atoms with Gasteiger partial charge in [0.25, 0.3) is 5.91 Å². The first kappa shape index (κ1) is 18.3. The number of fused-ring (bicyclic) bond motifs is 1. The van der Waals surface area contributed by atoms with E-state index < -0.39 is 5.97 Å². The summed E-state index contributed by atoms with van der Waals surface area (Å²) < 4.78 is 0. The molecule has 0 saturated carbocycles. The molecule has 0 bridgehead atoms. The van der Waals surface area contributed by atoms with Gasteiger partial charge in [-0.15, -0.1) is 0 Å². The lowest BCUT2D eigenvalue weighted by Gasteiger charge is -2.26. The minimum atomic E-state index is -1.02. The lowest BCUT2D eigenvalue weighted by Crippen LogP contribution is -2.29. The molecule has 1 fully saturated rings. The summed E-state index contributed by atoms with van der Waals surface area (Å²) in [6, 6.07) is 12.9. The molecular formula is C22H23N3O3. The zero-order valence-corrected chi connectivity index (χ0v) is 15.6.